The SMILES string of the molecule is CCC12CC(Oc3ccc(C(F)(F)F)cn3)C1N(C(=O)c1ccccc1-n1nccn1)C2C(C)OC. The number of benzene rings is 1. The molecule has 190 valence electrons. The zero-order chi connectivity index (χ0) is 25.7. The van der Waals surface area contributed by atoms with E-state index >= 15 is 0 Å². The number of piperidine rings is 1. The lowest BCUT2D eigenvalue weighted by molar-refractivity contribution is -0.259. The molecule has 1 amide bonds. The van der Waals surface area contributed by atoms with Crippen molar-refractivity contribution in [3.8, 4) is 11.6 Å². The number of aromatic nitrogens is 4. The highest BCUT2D eigenvalue weighted by Gasteiger charge is 2.73. The summed E-state index contributed by atoms with van der Waals surface area (Å²) < 4.78 is 50.4. The molecule has 1 aromatic carbocycles. The summed E-state index contributed by atoms with van der Waals surface area (Å²) in [5.74, 6) is -0.117. The highest BCUT2D eigenvalue weighted by molar-refractivity contribution is 5.99. The van der Waals surface area contributed by atoms with E-state index < -0.39 is 17.8 Å². The van der Waals surface area contributed by atoms with Gasteiger partial charge in [0.1, 0.15) is 6.10 Å². The number of methoxy groups -OCH3 is 1. The molecule has 0 spiro atoms. The normalized spacial score (nSPS) is 25.9. The number of carbonyl (C=O) groups excluding carboxylic acids is 1. The molecule has 2 aromatic heterocycles. The maximum absolute atomic E-state index is 14.0. The number of pyridine rings is 1. The van der Waals surface area contributed by atoms with Gasteiger partial charge in [0.25, 0.3) is 5.91 Å². The Hall–Kier alpha value is -3.47. The molecular formula is C25H26F3N5O3. The molecule has 1 aliphatic carbocycles. The monoisotopic (exact) mass is 501 g/mol. The first-order valence-corrected chi connectivity index (χ1v) is 11.7. The molecule has 0 bridgehead atoms. The molecule has 5 rings (SSSR count). The molecule has 1 saturated heterocycles. The first-order chi connectivity index (χ1) is 17.2. The molecule has 36 heavy (non-hydrogen) atoms. The predicted molar refractivity (Wildman–Crippen MR) is 123 cm³/mol. The average molecular weight is 502 g/mol. The lowest BCUT2D eigenvalue weighted by Gasteiger charge is -2.73. The van der Waals surface area contributed by atoms with Crippen molar-refractivity contribution in [2.24, 2.45) is 5.41 Å². The number of likely N-dealkylation sites (tertiary alicyclic amines) is 1. The maximum Gasteiger partial charge on any atom is 0.417 e. The van der Waals surface area contributed by atoms with Crippen LogP contribution in [0.3, 0.4) is 0 Å². The van der Waals surface area contributed by atoms with Crippen LogP contribution in [0.5, 0.6) is 5.88 Å². The van der Waals surface area contributed by atoms with Crippen LogP contribution in [-0.2, 0) is 10.9 Å². The number of nitrogens with zero attached hydrogens (tertiary/aromatic N) is 5. The van der Waals surface area contributed by atoms with Gasteiger partial charge >= 0.3 is 6.18 Å². The number of fused-ring (bicyclic) bond motifs is 1. The second-order valence-electron chi connectivity index (χ2n) is 9.21. The second kappa shape index (κ2) is 8.88. The summed E-state index contributed by atoms with van der Waals surface area (Å²) in [6, 6.07) is 8.78. The van der Waals surface area contributed by atoms with Gasteiger partial charge in [-0.2, -0.15) is 28.2 Å². The highest BCUT2D eigenvalue weighted by Crippen LogP contribution is 2.62. The standard InChI is InChI=1S/C25H26F3N5O3/c1-4-24-13-19(36-20-10-9-16(14-29-20)25(26,27)28)22(24)32(21(24)15(2)35-3)23(34)17-7-5-6-8-18(17)33-30-11-12-31-33/h5-12,14-15,19,21-22H,4,13H2,1-3H3. The molecule has 2 fully saturated rings. The van der Waals surface area contributed by atoms with Gasteiger partial charge in [0.15, 0.2) is 0 Å². The molecule has 1 saturated carbocycles. The van der Waals surface area contributed by atoms with Crippen molar-refractivity contribution in [2.75, 3.05) is 7.11 Å². The van der Waals surface area contributed by atoms with E-state index in [1.165, 1.54) is 23.3 Å². The molecule has 5 atom stereocenters. The number of alkyl halides is 3. The summed E-state index contributed by atoms with van der Waals surface area (Å²) in [5.41, 5.74) is -0.0817. The highest BCUT2D eigenvalue weighted by atomic mass is 19.4. The Labute approximate surface area is 206 Å². The Kier molecular flexibility index (Phi) is 5.98. The fourth-order valence-corrected chi connectivity index (χ4v) is 5.76. The third-order valence-electron chi connectivity index (χ3n) is 7.52. The van der Waals surface area contributed by atoms with Crippen LogP contribution in [0.1, 0.15) is 42.6 Å². The molecule has 2 aliphatic rings. The average Bonchev–Trinajstić information content (AvgIpc) is 3.40. The van der Waals surface area contributed by atoms with Crippen molar-refractivity contribution in [1.29, 1.82) is 0 Å². The van der Waals surface area contributed by atoms with Crippen LogP contribution in [-0.4, -0.2) is 62.2 Å². The van der Waals surface area contributed by atoms with Crippen molar-refractivity contribution in [1.82, 2.24) is 24.9 Å². The van der Waals surface area contributed by atoms with Crippen molar-refractivity contribution in [2.45, 2.75) is 57.2 Å². The molecular weight excluding hydrogens is 475 g/mol. The molecule has 0 radical (unpaired) electrons. The molecule has 11 heteroatoms. The summed E-state index contributed by atoms with van der Waals surface area (Å²) in [6.45, 7) is 4.00. The van der Waals surface area contributed by atoms with E-state index in [1.807, 2.05) is 13.0 Å². The number of rotatable bonds is 7. The minimum absolute atomic E-state index is 0.0921. The van der Waals surface area contributed by atoms with Crippen LogP contribution in [0.4, 0.5) is 13.2 Å². The van der Waals surface area contributed by atoms with Crippen LogP contribution in [0, 0.1) is 5.41 Å². The number of amides is 1. The van der Waals surface area contributed by atoms with E-state index in [-0.39, 0.29) is 35.4 Å². The van der Waals surface area contributed by atoms with Gasteiger partial charge in [0, 0.05) is 24.8 Å². The fraction of sp³-hybridized carbons (Fsp3) is 0.440. The van der Waals surface area contributed by atoms with Crippen molar-refractivity contribution < 1.29 is 27.4 Å². The zero-order valence-corrected chi connectivity index (χ0v) is 20.0. The Morgan fingerprint density at radius 3 is 2.53 bits per heavy atom. The lowest BCUT2D eigenvalue weighted by Crippen LogP contribution is -2.86. The van der Waals surface area contributed by atoms with Gasteiger partial charge in [-0.3, -0.25) is 4.79 Å². The van der Waals surface area contributed by atoms with Gasteiger partial charge in [-0.25, -0.2) is 4.98 Å². The summed E-state index contributed by atoms with van der Waals surface area (Å²) in [7, 11) is 1.62. The van der Waals surface area contributed by atoms with E-state index in [2.05, 4.69) is 22.1 Å². The Balaban J connectivity index is 1.45. The number of ether oxygens (including phenoxy) is 2. The minimum atomic E-state index is -4.48. The van der Waals surface area contributed by atoms with E-state index in [4.69, 9.17) is 9.47 Å². The largest absolute Gasteiger partial charge is 0.472 e. The zero-order valence-electron chi connectivity index (χ0n) is 20.0. The molecule has 3 aromatic rings. The van der Waals surface area contributed by atoms with Crippen molar-refractivity contribution in [3.05, 3.63) is 66.1 Å². The van der Waals surface area contributed by atoms with Gasteiger partial charge in [-0.15, -0.1) is 0 Å². The number of para-hydroxylation sites is 1. The number of halogens is 3. The van der Waals surface area contributed by atoms with E-state index in [0.29, 0.717) is 17.7 Å². The lowest BCUT2D eigenvalue weighted by atomic mass is 9.48. The van der Waals surface area contributed by atoms with Gasteiger partial charge < -0.3 is 14.4 Å². The Morgan fingerprint density at radius 2 is 1.92 bits per heavy atom. The van der Waals surface area contributed by atoms with E-state index in [9.17, 15) is 18.0 Å². The number of carbonyl (C=O) groups is 1. The Morgan fingerprint density at radius 1 is 1.19 bits per heavy atom. The topological polar surface area (TPSA) is 82.4 Å². The summed E-state index contributed by atoms with van der Waals surface area (Å²) in [6.07, 6.45) is 0.152. The molecule has 0 N–H and O–H groups in total. The maximum atomic E-state index is 14.0. The van der Waals surface area contributed by atoms with Crippen molar-refractivity contribution >= 4 is 5.91 Å². The van der Waals surface area contributed by atoms with Gasteiger partial charge in [-0.1, -0.05) is 19.1 Å². The molecule has 3 heterocycles. The van der Waals surface area contributed by atoms with E-state index in [1.54, 1.807) is 30.2 Å². The van der Waals surface area contributed by atoms with Gasteiger partial charge in [0.05, 0.1) is 47.4 Å². The molecule has 8 nitrogen and oxygen atoms in total. The summed E-state index contributed by atoms with van der Waals surface area (Å²) in [4.78, 5) is 21.0. The Bertz CT molecular complexity index is 1230. The van der Waals surface area contributed by atoms with Crippen LogP contribution >= 0.6 is 0 Å². The van der Waals surface area contributed by atoms with Crippen LogP contribution in [0.15, 0.2) is 55.0 Å². The fourth-order valence-electron chi connectivity index (χ4n) is 5.76. The van der Waals surface area contributed by atoms with Gasteiger partial charge in [0.2, 0.25) is 5.88 Å². The number of hydrogen-bond donors (Lipinski definition) is 0. The first-order valence-electron chi connectivity index (χ1n) is 11.7. The predicted octanol–water partition coefficient (Wildman–Crippen LogP) is 4.16. The van der Waals surface area contributed by atoms with Crippen LogP contribution in [0.2, 0.25) is 0 Å². The van der Waals surface area contributed by atoms with Crippen molar-refractivity contribution in [3.63, 3.8) is 0 Å². The van der Waals surface area contributed by atoms with E-state index in [0.717, 1.165) is 18.7 Å². The molecule has 5 unspecified atom stereocenters. The van der Waals surface area contributed by atoms with Crippen LogP contribution < -0.4 is 4.74 Å². The molecule has 1 aliphatic heterocycles. The quantitative estimate of drug-likeness (QED) is 0.484. The first kappa shape index (κ1) is 24.2. The third kappa shape index (κ3) is 3.73. The number of hydrogen-bond acceptors (Lipinski definition) is 6. The second-order valence-corrected chi connectivity index (χ2v) is 9.21. The van der Waals surface area contributed by atoms with Crippen LogP contribution in [0.25, 0.3) is 5.69 Å². The smallest absolute Gasteiger partial charge is 0.417 e. The minimum Gasteiger partial charge on any atom is -0.472 e. The van der Waals surface area contributed by atoms with Gasteiger partial charge in [-0.05, 0) is 38.0 Å². The summed E-state index contributed by atoms with van der Waals surface area (Å²) >= 11 is 0. The summed E-state index contributed by atoms with van der Waals surface area (Å²) in [5, 5.41) is 8.35. The third-order valence-corrected chi connectivity index (χ3v) is 7.52.